The van der Waals surface area contributed by atoms with Crippen molar-refractivity contribution in [3.63, 3.8) is 0 Å². The molecule has 7 nitrogen and oxygen atoms in total. The summed E-state index contributed by atoms with van der Waals surface area (Å²) >= 11 is 0. The summed E-state index contributed by atoms with van der Waals surface area (Å²) in [5, 5.41) is 9.94. The van der Waals surface area contributed by atoms with Gasteiger partial charge < -0.3 is 13.9 Å². The monoisotopic (exact) mass is 432 g/mol. The molecule has 0 amide bonds. The van der Waals surface area contributed by atoms with Gasteiger partial charge in [0.1, 0.15) is 5.58 Å². The van der Waals surface area contributed by atoms with Crippen LogP contribution in [0.2, 0.25) is 0 Å². The average molecular weight is 432 g/mol. The van der Waals surface area contributed by atoms with Crippen molar-refractivity contribution in [2.75, 3.05) is 13.2 Å². The van der Waals surface area contributed by atoms with Gasteiger partial charge in [-0.25, -0.2) is 14.6 Å². The van der Waals surface area contributed by atoms with E-state index in [1.54, 1.807) is 42.6 Å². The predicted octanol–water partition coefficient (Wildman–Crippen LogP) is 4.79. The molecule has 3 aromatic rings. The molecule has 0 aliphatic heterocycles. The lowest BCUT2D eigenvalue weighted by atomic mass is 10.0. The molecular formula is C25H24N2O5. The number of carbonyl (C=O) groups is 1. The summed E-state index contributed by atoms with van der Waals surface area (Å²) in [5.74, 6) is 0.00231. The zero-order valence-corrected chi connectivity index (χ0v) is 17.7. The van der Waals surface area contributed by atoms with E-state index in [-0.39, 0.29) is 5.97 Å². The van der Waals surface area contributed by atoms with Gasteiger partial charge in [0.15, 0.2) is 0 Å². The Balaban J connectivity index is 1.52. The molecule has 3 rings (SSSR count). The molecular weight excluding hydrogens is 408 g/mol. The van der Waals surface area contributed by atoms with E-state index in [2.05, 4.69) is 17.6 Å². The largest absolute Gasteiger partial charge is 0.478 e. The highest BCUT2D eigenvalue weighted by Gasteiger charge is 2.12. The first-order chi connectivity index (χ1) is 15.6. The minimum absolute atomic E-state index is 0.323. The number of carbonyl (C=O) groups excluding carboxylic acids is 1. The SMILES string of the molecule is C=CC(=O)OCCCCCCCOc1cc2oc(=O)c(-c3ccccc3C#N)cc2cn1. The zero-order valence-electron chi connectivity index (χ0n) is 17.7. The number of hydrogen-bond acceptors (Lipinski definition) is 7. The number of rotatable bonds is 11. The van der Waals surface area contributed by atoms with Gasteiger partial charge in [-0.15, -0.1) is 0 Å². The second-order valence-electron chi connectivity index (χ2n) is 7.15. The Morgan fingerprint density at radius 2 is 1.84 bits per heavy atom. The molecule has 0 atom stereocenters. The molecule has 32 heavy (non-hydrogen) atoms. The fraction of sp³-hybridized carbons (Fsp3) is 0.280. The quantitative estimate of drug-likeness (QED) is 0.244. The van der Waals surface area contributed by atoms with E-state index in [1.165, 1.54) is 0 Å². The minimum Gasteiger partial charge on any atom is -0.478 e. The van der Waals surface area contributed by atoms with Gasteiger partial charge >= 0.3 is 11.6 Å². The van der Waals surface area contributed by atoms with Crippen LogP contribution in [0.15, 0.2) is 64.5 Å². The van der Waals surface area contributed by atoms with E-state index in [9.17, 15) is 14.9 Å². The van der Waals surface area contributed by atoms with E-state index in [4.69, 9.17) is 13.9 Å². The summed E-state index contributed by atoms with van der Waals surface area (Å²) in [6.07, 6.45) is 7.42. The van der Waals surface area contributed by atoms with Crippen molar-refractivity contribution >= 4 is 16.9 Å². The van der Waals surface area contributed by atoms with Crippen LogP contribution >= 0.6 is 0 Å². The van der Waals surface area contributed by atoms with Crippen molar-refractivity contribution in [3.05, 3.63) is 71.2 Å². The predicted molar refractivity (Wildman–Crippen MR) is 120 cm³/mol. The van der Waals surface area contributed by atoms with Crippen LogP contribution in [-0.4, -0.2) is 24.2 Å². The van der Waals surface area contributed by atoms with Gasteiger partial charge in [-0.2, -0.15) is 5.26 Å². The van der Waals surface area contributed by atoms with Crippen LogP contribution < -0.4 is 10.4 Å². The molecule has 164 valence electrons. The van der Waals surface area contributed by atoms with Crippen LogP contribution in [0.1, 0.15) is 37.7 Å². The third-order valence-electron chi connectivity index (χ3n) is 4.88. The summed E-state index contributed by atoms with van der Waals surface area (Å²) in [4.78, 5) is 27.7. The highest BCUT2D eigenvalue weighted by atomic mass is 16.5. The van der Waals surface area contributed by atoms with Crippen LogP contribution in [-0.2, 0) is 9.53 Å². The van der Waals surface area contributed by atoms with Gasteiger partial charge in [-0.05, 0) is 25.0 Å². The Morgan fingerprint density at radius 3 is 2.62 bits per heavy atom. The molecule has 2 heterocycles. The Morgan fingerprint density at radius 1 is 1.09 bits per heavy atom. The van der Waals surface area contributed by atoms with Crippen LogP contribution in [0.5, 0.6) is 5.88 Å². The van der Waals surface area contributed by atoms with Crippen molar-refractivity contribution in [2.45, 2.75) is 32.1 Å². The molecule has 0 radical (unpaired) electrons. The molecule has 7 heteroatoms. The van der Waals surface area contributed by atoms with Gasteiger partial charge in [-0.1, -0.05) is 44.0 Å². The van der Waals surface area contributed by atoms with Crippen molar-refractivity contribution < 1.29 is 18.7 Å². The number of nitriles is 1. The minimum atomic E-state index is -0.517. The summed E-state index contributed by atoms with van der Waals surface area (Å²) in [7, 11) is 0. The molecule has 0 unspecified atom stereocenters. The van der Waals surface area contributed by atoms with Gasteiger partial charge in [0, 0.05) is 29.3 Å². The van der Waals surface area contributed by atoms with Crippen LogP contribution in [0.25, 0.3) is 22.1 Å². The maximum atomic E-state index is 12.5. The molecule has 0 aliphatic carbocycles. The molecule has 0 fully saturated rings. The topological polar surface area (TPSA) is 102 Å². The maximum Gasteiger partial charge on any atom is 0.344 e. The zero-order chi connectivity index (χ0) is 22.8. The molecule has 0 saturated heterocycles. The van der Waals surface area contributed by atoms with Gasteiger partial charge in [0.05, 0.1) is 30.4 Å². The highest BCUT2D eigenvalue weighted by Crippen LogP contribution is 2.25. The summed E-state index contributed by atoms with van der Waals surface area (Å²) < 4.78 is 16.1. The van der Waals surface area contributed by atoms with E-state index < -0.39 is 5.63 Å². The Bertz CT molecular complexity index is 1190. The third-order valence-corrected chi connectivity index (χ3v) is 4.88. The second kappa shape index (κ2) is 11.5. The van der Waals surface area contributed by atoms with Crippen molar-refractivity contribution in [3.8, 4) is 23.1 Å². The van der Waals surface area contributed by atoms with Gasteiger partial charge in [0.25, 0.3) is 0 Å². The first-order valence-electron chi connectivity index (χ1n) is 10.5. The number of nitrogens with zero attached hydrogens (tertiary/aromatic N) is 2. The first kappa shape index (κ1) is 22.8. The lowest BCUT2D eigenvalue weighted by Crippen LogP contribution is -2.05. The standard InChI is InChI=1S/C25H24N2O5/c1-2-24(28)31-13-9-5-3-4-8-12-30-23-15-22-19(17-27-23)14-21(25(29)32-22)20-11-7-6-10-18(20)16-26/h2,6-7,10-11,14-15,17H,1,3-5,8-9,12-13H2. The number of ether oxygens (including phenoxy) is 2. The van der Waals surface area contributed by atoms with Crippen LogP contribution in [0.3, 0.4) is 0 Å². The number of fused-ring (bicyclic) bond motifs is 1. The van der Waals surface area contributed by atoms with Crippen molar-refractivity contribution in [2.24, 2.45) is 0 Å². The molecule has 1 aromatic carbocycles. The normalized spacial score (nSPS) is 10.5. The van der Waals surface area contributed by atoms with E-state index in [1.807, 2.05) is 0 Å². The maximum absolute atomic E-state index is 12.5. The van der Waals surface area contributed by atoms with Crippen LogP contribution in [0, 0.1) is 11.3 Å². The fourth-order valence-corrected chi connectivity index (χ4v) is 3.22. The molecule has 2 aromatic heterocycles. The van der Waals surface area contributed by atoms with Gasteiger partial charge in [-0.3, -0.25) is 0 Å². The highest BCUT2D eigenvalue weighted by molar-refractivity contribution is 5.83. The number of aromatic nitrogens is 1. The first-order valence-corrected chi connectivity index (χ1v) is 10.5. The summed E-state index contributed by atoms with van der Waals surface area (Å²) in [6.45, 7) is 4.27. The molecule has 0 saturated carbocycles. The number of pyridine rings is 1. The lowest BCUT2D eigenvalue weighted by molar-refractivity contribution is -0.137. The number of hydrogen-bond donors (Lipinski definition) is 0. The molecule has 0 spiro atoms. The smallest absolute Gasteiger partial charge is 0.344 e. The molecule has 0 N–H and O–H groups in total. The summed E-state index contributed by atoms with van der Waals surface area (Å²) in [6, 6.07) is 12.3. The Hall–Kier alpha value is -3.92. The third kappa shape index (κ3) is 6.05. The lowest BCUT2D eigenvalue weighted by Gasteiger charge is -2.07. The molecule has 0 bridgehead atoms. The van der Waals surface area contributed by atoms with E-state index in [0.29, 0.717) is 46.8 Å². The second-order valence-corrected chi connectivity index (χ2v) is 7.15. The van der Waals surface area contributed by atoms with Crippen LogP contribution in [0.4, 0.5) is 0 Å². The molecule has 0 aliphatic rings. The Kier molecular flexibility index (Phi) is 8.15. The fourth-order valence-electron chi connectivity index (χ4n) is 3.22. The van der Waals surface area contributed by atoms with Crippen molar-refractivity contribution in [1.29, 1.82) is 5.26 Å². The van der Waals surface area contributed by atoms with E-state index in [0.717, 1.165) is 38.2 Å². The van der Waals surface area contributed by atoms with Gasteiger partial charge in [0.2, 0.25) is 5.88 Å². The van der Waals surface area contributed by atoms with Crippen molar-refractivity contribution in [1.82, 2.24) is 4.98 Å². The number of benzene rings is 1. The average Bonchev–Trinajstić information content (AvgIpc) is 2.82. The van der Waals surface area contributed by atoms with E-state index >= 15 is 0 Å². The number of esters is 1. The summed E-state index contributed by atoms with van der Waals surface area (Å²) in [5.41, 5.74) is 1.13. The number of unbranched alkanes of at least 4 members (excludes halogenated alkanes) is 4. The Labute approximate surface area is 185 Å².